The first-order chi connectivity index (χ1) is 9.58. The van der Waals surface area contributed by atoms with Crippen molar-refractivity contribution in [3.63, 3.8) is 0 Å². The molecule has 1 aliphatic carbocycles. The molecule has 0 bridgehead atoms. The van der Waals surface area contributed by atoms with E-state index < -0.39 is 6.09 Å². The summed E-state index contributed by atoms with van der Waals surface area (Å²) in [5.74, 6) is 0. The Morgan fingerprint density at radius 1 is 1.30 bits per heavy atom. The van der Waals surface area contributed by atoms with E-state index in [0.29, 0.717) is 11.3 Å². The van der Waals surface area contributed by atoms with Crippen molar-refractivity contribution >= 4 is 17.5 Å². The maximum Gasteiger partial charge on any atom is 0.404 e. The van der Waals surface area contributed by atoms with Gasteiger partial charge < -0.3 is 21.5 Å². The molecule has 2 rings (SSSR count). The summed E-state index contributed by atoms with van der Waals surface area (Å²) in [5.41, 5.74) is 7.84. The fraction of sp³-hybridized carbons (Fsp3) is 0.429. The number of nitrogens with two attached hydrogens (primary N) is 1. The minimum absolute atomic E-state index is 0.0452. The van der Waals surface area contributed by atoms with E-state index in [1.807, 2.05) is 6.07 Å². The summed E-state index contributed by atoms with van der Waals surface area (Å²) in [6.45, 7) is 0. The fourth-order valence-corrected chi connectivity index (χ4v) is 2.54. The summed E-state index contributed by atoms with van der Waals surface area (Å²) in [6, 6.07) is 7.59. The molecule has 106 valence electrons. The molecule has 0 saturated heterocycles. The van der Waals surface area contributed by atoms with E-state index in [1.165, 1.54) is 0 Å². The molecule has 0 unspecified atom stereocenters. The summed E-state index contributed by atoms with van der Waals surface area (Å²) >= 11 is 0. The smallest absolute Gasteiger partial charge is 0.404 e. The Bertz CT molecular complexity index is 530. The highest BCUT2D eigenvalue weighted by Gasteiger charge is 2.22. The van der Waals surface area contributed by atoms with Crippen molar-refractivity contribution in [1.29, 1.82) is 5.26 Å². The third kappa shape index (κ3) is 3.54. The molecule has 1 saturated carbocycles. The number of carboxylic acid groups (broad SMARTS) is 1. The van der Waals surface area contributed by atoms with Gasteiger partial charge in [-0.15, -0.1) is 0 Å². The van der Waals surface area contributed by atoms with E-state index in [9.17, 15) is 4.79 Å². The number of nitrogens with one attached hydrogen (secondary N) is 2. The van der Waals surface area contributed by atoms with Gasteiger partial charge in [0.25, 0.3) is 0 Å². The van der Waals surface area contributed by atoms with Crippen molar-refractivity contribution in [2.75, 3.05) is 11.1 Å². The monoisotopic (exact) mass is 274 g/mol. The van der Waals surface area contributed by atoms with Crippen LogP contribution in [-0.2, 0) is 0 Å². The lowest BCUT2D eigenvalue weighted by Gasteiger charge is -2.30. The number of nitriles is 1. The lowest BCUT2D eigenvalue weighted by atomic mass is 9.91. The molecule has 0 radical (unpaired) electrons. The van der Waals surface area contributed by atoms with E-state index in [2.05, 4.69) is 16.7 Å². The summed E-state index contributed by atoms with van der Waals surface area (Å²) in [7, 11) is 0. The largest absolute Gasteiger partial charge is 0.465 e. The van der Waals surface area contributed by atoms with E-state index in [0.717, 1.165) is 31.4 Å². The first-order valence-electron chi connectivity index (χ1n) is 6.64. The van der Waals surface area contributed by atoms with Gasteiger partial charge in [-0.2, -0.15) is 5.26 Å². The molecular weight excluding hydrogens is 256 g/mol. The first kappa shape index (κ1) is 14.0. The Balaban J connectivity index is 1.90. The number of amides is 1. The van der Waals surface area contributed by atoms with E-state index in [1.54, 1.807) is 12.1 Å². The molecule has 20 heavy (non-hydrogen) atoms. The number of hydrogen-bond acceptors (Lipinski definition) is 4. The van der Waals surface area contributed by atoms with Crippen LogP contribution < -0.4 is 16.4 Å². The van der Waals surface area contributed by atoms with Crippen LogP contribution in [0.1, 0.15) is 31.2 Å². The summed E-state index contributed by atoms with van der Waals surface area (Å²) in [6.07, 6.45) is 2.47. The third-order valence-electron chi connectivity index (χ3n) is 3.60. The predicted octanol–water partition coefficient (Wildman–Crippen LogP) is 2.13. The lowest BCUT2D eigenvalue weighted by Crippen LogP contribution is -2.39. The van der Waals surface area contributed by atoms with Gasteiger partial charge in [-0.3, -0.25) is 0 Å². The van der Waals surface area contributed by atoms with Crippen LogP contribution in [0.5, 0.6) is 0 Å². The average molecular weight is 274 g/mol. The summed E-state index contributed by atoms with van der Waals surface area (Å²) in [4.78, 5) is 10.6. The Hall–Kier alpha value is -2.42. The second-order valence-corrected chi connectivity index (χ2v) is 5.06. The van der Waals surface area contributed by atoms with Gasteiger partial charge in [0.2, 0.25) is 0 Å². The Morgan fingerprint density at radius 3 is 2.50 bits per heavy atom. The van der Waals surface area contributed by atoms with Crippen LogP contribution in [0, 0.1) is 11.3 Å². The maximum absolute atomic E-state index is 10.6. The van der Waals surface area contributed by atoms with Crippen molar-refractivity contribution < 1.29 is 9.90 Å². The highest BCUT2D eigenvalue weighted by Crippen LogP contribution is 2.26. The minimum Gasteiger partial charge on any atom is -0.465 e. The molecule has 1 amide bonds. The van der Waals surface area contributed by atoms with Crippen LogP contribution in [0.15, 0.2) is 18.2 Å². The third-order valence-corrected chi connectivity index (χ3v) is 3.60. The van der Waals surface area contributed by atoms with Crippen LogP contribution in [0.25, 0.3) is 0 Å². The van der Waals surface area contributed by atoms with Crippen LogP contribution in [0.3, 0.4) is 0 Å². The second-order valence-electron chi connectivity index (χ2n) is 5.06. The Labute approximate surface area is 117 Å². The molecule has 1 aliphatic rings. The van der Waals surface area contributed by atoms with Crippen LogP contribution in [0.2, 0.25) is 0 Å². The number of anilines is 2. The van der Waals surface area contributed by atoms with Crippen molar-refractivity contribution in [3.8, 4) is 6.07 Å². The van der Waals surface area contributed by atoms with Gasteiger partial charge in [0, 0.05) is 12.1 Å². The molecule has 0 heterocycles. The van der Waals surface area contributed by atoms with Crippen molar-refractivity contribution in [2.45, 2.75) is 37.8 Å². The standard InChI is InChI=1S/C14H18N4O2/c15-8-9-1-6-13(12(16)7-9)17-10-2-4-11(5-3-10)18-14(19)20/h1,6-7,10-11,17-18H,2-5,16H2,(H,19,20). The fourth-order valence-electron chi connectivity index (χ4n) is 2.54. The average Bonchev–Trinajstić information content (AvgIpc) is 2.42. The van der Waals surface area contributed by atoms with E-state index in [4.69, 9.17) is 16.1 Å². The molecule has 5 N–H and O–H groups in total. The number of nitrogen functional groups attached to an aromatic ring is 1. The summed E-state index contributed by atoms with van der Waals surface area (Å²) in [5, 5.41) is 23.4. The van der Waals surface area contributed by atoms with Gasteiger partial charge in [0.05, 0.1) is 23.0 Å². The quantitative estimate of drug-likeness (QED) is 0.631. The number of hydrogen-bond donors (Lipinski definition) is 4. The molecule has 6 heteroatoms. The predicted molar refractivity (Wildman–Crippen MR) is 76.4 cm³/mol. The molecule has 1 aromatic rings. The lowest BCUT2D eigenvalue weighted by molar-refractivity contribution is 0.185. The van der Waals surface area contributed by atoms with Gasteiger partial charge >= 0.3 is 6.09 Å². The number of nitrogens with zero attached hydrogens (tertiary/aromatic N) is 1. The van der Waals surface area contributed by atoms with E-state index in [-0.39, 0.29) is 12.1 Å². The topological polar surface area (TPSA) is 111 Å². The van der Waals surface area contributed by atoms with Crippen molar-refractivity contribution in [2.24, 2.45) is 0 Å². The Kier molecular flexibility index (Phi) is 4.31. The van der Waals surface area contributed by atoms with Crippen LogP contribution >= 0.6 is 0 Å². The zero-order valence-corrected chi connectivity index (χ0v) is 11.1. The number of rotatable bonds is 3. The number of carbonyl (C=O) groups is 1. The SMILES string of the molecule is N#Cc1ccc(NC2CCC(NC(=O)O)CC2)c(N)c1. The van der Waals surface area contributed by atoms with Crippen LogP contribution in [0.4, 0.5) is 16.2 Å². The molecular formula is C14H18N4O2. The Morgan fingerprint density at radius 2 is 1.95 bits per heavy atom. The van der Waals surface area contributed by atoms with Gasteiger partial charge in [-0.05, 0) is 43.9 Å². The van der Waals surface area contributed by atoms with Crippen LogP contribution in [-0.4, -0.2) is 23.3 Å². The minimum atomic E-state index is -0.960. The molecule has 6 nitrogen and oxygen atoms in total. The normalized spacial score (nSPS) is 21.8. The molecule has 0 aromatic heterocycles. The first-order valence-corrected chi connectivity index (χ1v) is 6.64. The summed E-state index contributed by atoms with van der Waals surface area (Å²) < 4.78 is 0. The zero-order valence-electron chi connectivity index (χ0n) is 11.1. The van der Waals surface area contributed by atoms with E-state index >= 15 is 0 Å². The molecule has 0 aliphatic heterocycles. The molecule has 1 fully saturated rings. The number of benzene rings is 1. The van der Waals surface area contributed by atoms with Crippen molar-refractivity contribution in [1.82, 2.24) is 5.32 Å². The molecule has 0 spiro atoms. The molecule has 1 aromatic carbocycles. The zero-order chi connectivity index (χ0) is 14.5. The van der Waals surface area contributed by atoms with Gasteiger partial charge in [0.1, 0.15) is 0 Å². The van der Waals surface area contributed by atoms with Gasteiger partial charge in [-0.1, -0.05) is 0 Å². The second kappa shape index (κ2) is 6.15. The highest BCUT2D eigenvalue weighted by molar-refractivity contribution is 5.68. The highest BCUT2D eigenvalue weighted by atomic mass is 16.4. The molecule has 0 atom stereocenters. The van der Waals surface area contributed by atoms with Gasteiger partial charge in [-0.25, -0.2) is 4.79 Å². The maximum atomic E-state index is 10.6. The van der Waals surface area contributed by atoms with Crippen molar-refractivity contribution in [3.05, 3.63) is 23.8 Å². The van der Waals surface area contributed by atoms with Gasteiger partial charge in [0.15, 0.2) is 0 Å².